The SMILES string of the molecule is COc1cccc(C(=O)N=c2sc(C)c(C)n2CC(=O)NC2CC2)c1. The van der Waals surface area contributed by atoms with E-state index in [-0.39, 0.29) is 18.4 Å². The Kier molecular flexibility index (Phi) is 5.03. The van der Waals surface area contributed by atoms with Crippen LogP contribution in [0.15, 0.2) is 29.3 Å². The van der Waals surface area contributed by atoms with Gasteiger partial charge in [-0.3, -0.25) is 9.59 Å². The number of hydrogen-bond acceptors (Lipinski definition) is 4. The monoisotopic (exact) mass is 359 g/mol. The van der Waals surface area contributed by atoms with Gasteiger partial charge >= 0.3 is 0 Å². The van der Waals surface area contributed by atoms with Crippen molar-refractivity contribution in [3.8, 4) is 5.75 Å². The molecule has 1 fully saturated rings. The molecule has 1 aliphatic rings. The van der Waals surface area contributed by atoms with E-state index in [4.69, 9.17) is 4.74 Å². The first-order valence-corrected chi connectivity index (χ1v) is 8.99. The topological polar surface area (TPSA) is 72.7 Å². The van der Waals surface area contributed by atoms with Crippen molar-refractivity contribution in [2.75, 3.05) is 7.11 Å². The van der Waals surface area contributed by atoms with Gasteiger partial charge < -0.3 is 14.6 Å². The molecule has 132 valence electrons. The summed E-state index contributed by atoms with van der Waals surface area (Å²) >= 11 is 1.41. The Bertz CT molecular complexity index is 878. The summed E-state index contributed by atoms with van der Waals surface area (Å²) in [6.07, 6.45) is 2.09. The zero-order valence-electron chi connectivity index (χ0n) is 14.5. The van der Waals surface area contributed by atoms with Crippen molar-refractivity contribution in [3.05, 3.63) is 45.2 Å². The molecule has 0 aliphatic heterocycles. The van der Waals surface area contributed by atoms with Crippen LogP contribution >= 0.6 is 11.3 Å². The molecule has 1 saturated carbocycles. The van der Waals surface area contributed by atoms with Crippen molar-refractivity contribution in [1.29, 1.82) is 0 Å². The first-order chi connectivity index (χ1) is 12.0. The number of nitrogens with one attached hydrogen (secondary N) is 1. The first-order valence-electron chi connectivity index (χ1n) is 8.17. The number of ether oxygens (including phenoxy) is 1. The average Bonchev–Trinajstić information content (AvgIpc) is 3.37. The van der Waals surface area contributed by atoms with Gasteiger partial charge in [0.15, 0.2) is 4.80 Å². The van der Waals surface area contributed by atoms with Gasteiger partial charge in [0.1, 0.15) is 12.3 Å². The number of benzene rings is 1. The minimum atomic E-state index is -0.350. The largest absolute Gasteiger partial charge is 0.497 e. The minimum Gasteiger partial charge on any atom is -0.497 e. The van der Waals surface area contributed by atoms with Crippen molar-refractivity contribution in [2.24, 2.45) is 4.99 Å². The van der Waals surface area contributed by atoms with Crippen LogP contribution < -0.4 is 14.9 Å². The van der Waals surface area contributed by atoms with Gasteiger partial charge in [-0.05, 0) is 44.9 Å². The number of thiazole rings is 1. The maximum Gasteiger partial charge on any atom is 0.279 e. The van der Waals surface area contributed by atoms with Crippen LogP contribution in [0.4, 0.5) is 0 Å². The van der Waals surface area contributed by atoms with Crippen molar-refractivity contribution < 1.29 is 14.3 Å². The Hall–Kier alpha value is -2.41. The fraction of sp³-hybridized carbons (Fsp3) is 0.389. The second kappa shape index (κ2) is 7.23. The van der Waals surface area contributed by atoms with Crippen LogP contribution in [0, 0.1) is 13.8 Å². The summed E-state index contributed by atoms with van der Waals surface area (Å²) in [7, 11) is 1.55. The average molecular weight is 359 g/mol. The highest BCUT2D eigenvalue weighted by Gasteiger charge is 2.23. The molecule has 1 aliphatic carbocycles. The number of hydrogen-bond donors (Lipinski definition) is 1. The smallest absolute Gasteiger partial charge is 0.279 e. The van der Waals surface area contributed by atoms with Gasteiger partial charge in [-0.25, -0.2) is 0 Å². The van der Waals surface area contributed by atoms with Gasteiger partial charge in [0.05, 0.1) is 7.11 Å². The van der Waals surface area contributed by atoms with Crippen molar-refractivity contribution >= 4 is 23.2 Å². The molecule has 0 bridgehead atoms. The Balaban J connectivity index is 1.89. The van der Waals surface area contributed by atoms with Gasteiger partial charge in [0.2, 0.25) is 5.91 Å². The molecule has 1 aromatic heterocycles. The highest BCUT2D eigenvalue weighted by Crippen LogP contribution is 2.19. The molecule has 0 saturated heterocycles. The van der Waals surface area contributed by atoms with E-state index in [2.05, 4.69) is 10.3 Å². The first kappa shape index (κ1) is 17.4. The lowest BCUT2D eigenvalue weighted by atomic mass is 10.2. The fourth-order valence-electron chi connectivity index (χ4n) is 2.42. The third-order valence-corrected chi connectivity index (χ3v) is 5.24. The molecular weight excluding hydrogens is 338 g/mol. The summed E-state index contributed by atoms with van der Waals surface area (Å²) in [5, 5.41) is 2.97. The van der Waals surface area contributed by atoms with Gasteiger partial charge in [-0.2, -0.15) is 4.99 Å². The molecule has 1 N–H and O–H groups in total. The van der Waals surface area contributed by atoms with Crippen LogP contribution in [0.1, 0.15) is 33.8 Å². The molecule has 25 heavy (non-hydrogen) atoms. The van der Waals surface area contributed by atoms with Gasteiger partial charge in [-0.1, -0.05) is 6.07 Å². The second-order valence-electron chi connectivity index (χ2n) is 6.10. The van der Waals surface area contributed by atoms with Gasteiger partial charge in [-0.15, -0.1) is 11.3 Å². The van der Waals surface area contributed by atoms with E-state index < -0.39 is 0 Å². The molecule has 0 unspecified atom stereocenters. The summed E-state index contributed by atoms with van der Waals surface area (Å²) in [6, 6.07) is 7.20. The Morgan fingerprint density at radius 3 is 2.80 bits per heavy atom. The van der Waals surface area contributed by atoms with Crippen LogP contribution in [0.5, 0.6) is 5.75 Å². The molecule has 0 atom stereocenters. The van der Waals surface area contributed by atoms with E-state index in [1.165, 1.54) is 11.3 Å². The number of nitrogens with zero attached hydrogens (tertiary/aromatic N) is 2. The molecule has 0 spiro atoms. The zero-order chi connectivity index (χ0) is 18.0. The molecular formula is C18H21N3O3S. The Morgan fingerprint density at radius 2 is 2.12 bits per heavy atom. The van der Waals surface area contributed by atoms with Crippen LogP contribution in [-0.4, -0.2) is 29.5 Å². The molecule has 2 amide bonds. The third kappa shape index (κ3) is 4.17. The minimum absolute atomic E-state index is 0.0429. The lowest BCUT2D eigenvalue weighted by Crippen LogP contribution is -2.33. The van der Waals surface area contributed by atoms with E-state index in [0.29, 0.717) is 22.2 Å². The van der Waals surface area contributed by atoms with Gasteiger partial charge in [0, 0.05) is 22.2 Å². The van der Waals surface area contributed by atoms with E-state index in [1.54, 1.807) is 35.9 Å². The molecule has 0 radical (unpaired) electrons. The standard InChI is InChI=1S/C18H21N3O3S/c1-11-12(2)25-18(21(11)10-16(22)19-14-7-8-14)20-17(23)13-5-4-6-15(9-13)24-3/h4-6,9,14H,7-8,10H2,1-3H3,(H,19,22). The van der Waals surface area contributed by atoms with E-state index in [1.807, 2.05) is 13.8 Å². The number of aryl methyl sites for hydroxylation is 1. The lowest BCUT2D eigenvalue weighted by Gasteiger charge is -2.07. The van der Waals surface area contributed by atoms with E-state index in [0.717, 1.165) is 23.4 Å². The predicted molar refractivity (Wildman–Crippen MR) is 95.8 cm³/mol. The predicted octanol–water partition coefficient (Wildman–Crippen LogP) is 2.19. The summed E-state index contributed by atoms with van der Waals surface area (Å²) in [4.78, 5) is 30.5. The quantitative estimate of drug-likeness (QED) is 0.889. The van der Waals surface area contributed by atoms with E-state index in [9.17, 15) is 9.59 Å². The molecule has 1 heterocycles. The van der Waals surface area contributed by atoms with Crippen LogP contribution in [-0.2, 0) is 11.3 Å². The third-order valence-electron chi connectivity index (χ3n) is 4.15. The molecule has 7 heteroatoms. The maximum atomic E-state index is 12.5. The summed E-state index contributed by atoms with van der Waals surface area (Å²) in [5.41, 5.74) is 1.41. The number of methoxy groups -OCH3 is 1. The lowest BCUT2D eigenvalue weighted by molar-refractivity contribution is -0.121. The number of carbonyl (C=O) groups excluding carboxylic acids is 2. The maximum absolute atomic E-state index is 12.5. The highest BCUT2D eigenvalue weighted by molar-refractivity contribution is 7.09. The van der Waals surface area contributed by atoms with Gasteiger partial charge in [0.25, 0.3) is 5.91 Å². The molecule has 2 aromatic rings. The highest BCUT2D eigenvalue weighted by atomic mass is 32.1. The Labute approximate surface area is 150 Å². The summed E-state index contributed by atoms with van der Waals surface area (Å²) < 4.78 is 6.95. The second-order valence-corrected chi connectivity index (χ2v) is 7.28. The van der Waals surface area contributed by atoms with Crippen LogP contribution in [0.25, 0.3) is 0 Å². The molecule has 1 aromatic carbocycles. The van der Waals surface area contributed by atoms with Crippen LogP contribution in [0.3, 0.4) is 0 Å². The molecule has 6 nitrogen and oxygen atoms in total. The summed E-state index contributed by atoms with van der Waals surface area (Å²) in [6.45, 7) is 4.08. The van der Waals surface area contributed by atoms with Crippen molar-refractivity contribution in [2.45, 2.75) is 39.3 Å². The number of aromatic nitrogens is 1. The fourth-order valence-corrected chi connectivity index (χ4v) is 3.39. The summed E-state index contributed by atoms with van der Waals surface area (Å²) in [5.74, 6) is 0.214. The van der Waals surface area contributed by atoms with Crippen LogP contribution in [0.2, 0.25) is 0 Å². The van der Waals surface area contributed by atoms with Crippen molar-refractivity contribution in [3.63, 3.8) is 0 Å². The number of amides is 2. The number of rotatable bonds is 5. The molecule has 3 rings (SSSR count). The Morgan fingerprint density at radius 1 is 1.36 bits per heavy atom. The normalized spacial score (nSPS) is 14.4. The number of carbonyl (C=O) groups is 2. The zero-order valence-corrected chi connectivity index (χ0v) is 15.4. The van der Waals surface area contributed by atoms with Crippen molar-refractivity contribution in [1.82, 2.24) is 9.88 Å². The van der Waals surface area contributed by atoms with E-state index >= 15 is 0 Å².